The summed E-state index contributed by atoms with van der Waals surface area (Å²) in [5.74, 6) is -2.81. The third-order valence-corrected chi connectivity index (χ3v) is 3.99. The van der Waals surface area contributed by atoms with E-state index in [4.69, 9.17) is 0 Å². The van der Waals surface area contributed by atoms with E-state index >= 15 is 0 Å². The van der Waals surface area contributed by atoms with E-state index in [9.17, 15) is 28.8 Å². The van der Waals surface area contributed by atoms with Crippen LogP contribution < -0.4 is 16.0 Å². The summed E-state index contributed by atoms with van der Waals surface area (Å²) in [6, 6.07) is -1.80. The van der Waals surface area contributed by atoms with Crippen LogP contribution in [0.4, 0.5) is 0 Å². The lowest BCUT2D eigenvalue weighted by atomic mass is 10.0. The van der Waals surface area contributed by atoms with Crippen molar-refractivity contribution in [2.24, 2.45) is 5.92 Å². The van der Waals surface area contributed by atoms with E-state index in [1.807, 2.05) is 0 Å². The van der Waals surface area contributed by atoms with Crippen molar-refractivity contribution in [3.8, 4) is 0 Å². The van der Waals surface area contributed by atoms with Gasteiger partial charge in [0.15, 0.2) is 7.85 Å². The molecule has 0 radical (unpaired) electrons. The van der Waals surface area contributed by atoms with Gasteiger partial charge in [-0.05, 0) is 12.8 Å². The van der Waals surface area contributed by atoms with Crippen LogP contribution in [0.25, 0.3) is 0 Å². The Bertz CT molecular complexity index is 688. The van der Waals surface area contributed by atoms with Gasteiger partial charge in [0, 0.05) is 25.1 Å². The van der Waals surface area contributed by atoms with Gasteiger partial charge in [-0.25, -0.2) is 0 Å². The standard InChI is InChI=1S/C17H25BN4O6/c1-9(2)15(17(28)20-10(3)16(27)19-8-11(18)23)21-12(24)6-7-22-13(25)4-5-14(22)26/h4-5,9-10,15H,6-8,18H2,1-3H3,(H,19,27)(H,20,28)(H,21,24)/t10-,15?/m0/s1. The van der Waals surface area contributed by atoms with Crippen molar-refractivity contribution < 1.29 is 28.8 Å². The maximum atomic E-state index is 12.4. The number of imide groups is 1. The molecule has 0 saturated carbocycles. The molecule has 10 nitrogen and oxygen atoms in total. The van der Waals surface area contributed by atoms with Gasteiger partial charge in [0.25, 0.3) is 11.8 Å². The van der Waals surface area contributed by atoms with E-state index in [1.54, 1.807) is 13.8 Å². The largest absolute Gasteiger partial charge is 0.348 e. The monoisotopic (exact) mass is 392 g/mol. The molecule has 0 aromatic carbocycles. The molecule has 1 aliphatic rings. The minimum Gasteiger partial charge on any atom is -0.348 e. The SMILES string of the molecule is BC(=O)CNC(=O)[C@H](C)NC(=O)C(NC(=O)CCN1C(=O)C=CC1=O)C(C)C. The van der Waals surface area contributed by atoms with Crippen LogP contribution in [0.3, 0.4) is 0 Å². The summed E-state index contributed by atoms with van der Waals surface area (Å²) in [5, 5.41) is 7.44. The van der Waals surface area contributed by atoms with Gasteiger partial charge in [-0.15, -0.1) is 0 Å². The molecule has 2 atom stereocenters. The van der Waals surface area contributed by atoms with Crippen molar-refractivity contribution in [3.05, 3.63) is 12.2 Å². The van der Waals surface area contributed by atoms with Gasteiger partial charge in [0.2, 0.25) is 17.7 Å². The number of hydrogen-bond acceptors (Lipinski definition) is 6. The molecular weight excluding hydrogens is 367 g/mol. The van der Waals surface area contributed by atoms with Crippen LogP contribution in [0.5, 0.6) is 0 Å². The lowest BCUT2D eigenvalue weighted by molar-refractivity contribution is -0.137. The average Bonchev–Trinajstić information content (AvgIpc) is 2.93. The summed E-state index contributed by atoms with van der Waals surface area (Å²) in [7, 11) is 1.33. The Balaban J connectivity index is 2.56. The smallest absolute Gasteiger partial charge is 0.253 e. The molecule has 0 saturated heterocycles. The molecule has 3 N–H and O–H groups in total. The molecule has 28 heavy (non-hydrogen) atoms. The minimum atomic E-state index is -0.904. The number of rotatable bonds is 10. The summed E-state index contributed by atoms with van der Waals surface area (Å²) < 4.78 is 0. The zero-order valence-electron chi connectivity index (χ0n) is 16.4. The van der Waals surface area contributed by atoms with Gasteiger partial charge < -0.3 is 20.7 Å². The second-order valence-corrected chi connectivity index (χ2v) is 6.85. The Morgan fingerprint density at radius 2 is 1.57 bits per heavy atom. The zero-order valence-corrected chi connectivity index (χ0v) is 16.4. The van der Waals surface area contributed by atoms with Gasteiger partial charge in [0.1, 0.15) is 17.8 Å². The maximum absolute atomic E-state index is 12.4. The summed E-state index contributed by atoms with van der Waals surface area (Å²) in [5.41, 5.74) is -0.218. The molecule has 0 aliphatic carbocycles. The van der Waals surface area contributed by atoms with Crippen molar-refractivity contribution in [2.75, 3.05) is 13.1 Å². The van der Waals surface area contributed by atoms with Crippen molar-refractivity contribution >= 4 is 43.1 Å². The predicted molar refractivity (Wildman–Crippen MR) is 101 cm³/mol. The van der Waals surface area contributed by atoms with Crippen LogP contribution in [0.1, 0.15) is 27.2 Å². The van der Waals surface area contributed by atoms with E-state index in [-0.39, 0.29) is 31.1 Å². The first-order chi connectivity index (χ1) is 13.0. The molecule has 0 aromatic rings. The molecule has 5 amide bonds. The van der Waals surface area contributed by atoms with Crippen LogP contribution >= 0.6 is 0 Å². The first-order valence-corrected chi connectivity index (χ1v) is 8.93. The van der Waals surface area contributed by atoms with E-state index < -0.39 is 41.6 Å². The Morgan fingerprint density at radius 1 is 1.00 bits per heavy atom. The Morgan fingerprint density at radius 3 is 2.07 bits per heavy atom. The summed E-state index contributed by atoms with van der Waals surface area (Å²) >= 11 is 0. The molecule has 1 aliphatic heterocycles. The second kappa shape index (κ2) is 10.4. The zero-order chi connectivity index (χ0) is 21.4. The van der Waals surface area contributed by atoms with Crippen molar-refractivity contribution in [2.45, 2.75) is 39.3 Å². The molecule has 0 spiro atoms. The average molecular weight is 392 g/mol. The van der Waals surface area contributed by atoms with Gasteiger partial charge in [-0.2, -0.15) is 0 Å². The summed E-state index contributed by atoms with van der Waals surface area (Å²) in [6.07, 6.45) is 2.11. The number of carbonyl (C=O) groups is 6. The van der Waals surface area contributed by atoms with E-state index in [0.29, 0.717) is 0 Å². The third-order valence-electron chi connectivity index (χ3n) is 3.99. The van der Waals surface area contributed by atoms with Crippen molar-refractivity contribution in [1.82, 2.24) is 20.9 Å². The highest BCUT2D eigenvalue weighted by molar-refractivity contribution is 6.58. The minimum absolute atomic E-state index is 0.0905. The molecule has 1 unspecified atom stereocenters. The highest BCUT2D eigenvalue weighted by atomic mass is 16.2. The van der Waals surface area contributed by atoms with Gasteiger partial charge in [-0.3, -0.25) is 28.9 Å². The van der Waals surface area contributed by atoms with Crippen molar-refractivity contribution in [3.63, 3.8) is 0 Å². The van der Waals surface area contributed by atoms with Crippen LogP contribution in [0.2, 0.25) is 0 Å². The fraction of sp³-hybridized carbons (Fsp3) is 0.529. The van der Waals surface area contributed by atoms with E-state index in [0.717, 1.165) is 17.1 Å². The second-order valence-electron chi connectivity index (χ2n) is 6.85. The number of nitrogens with zero attached hydrogens (tertiary/aromatic N) is 1. The highest BCUT2D eigenvalue weighted by Gasteiger charge is 2.28. The fourth-order valence-corrected chi connectivity index (χ4v) is 2.38. The van der Waals surface area contributed by atoms with Gasteiger partial charge >= 0.3 is 0 Å². The van der Waals surface area contributed by atoms with Gasteiger partial charge in [0.05, 0.1) is 6.54 Å². The highest BCUT2D eigenvalue weighted by Crippen LogP contribution is 2.06. The quantitative estimate of drug-likeness (QED) is 0.271. The summed E-state index contributed by atoms with van der Waals surface area (Å²) in [6.45, 7) is 4.69. The van der Waals surface area contributed by atoms with Crippen molar-refractivity contribution in [1.29, 1.82) is 0 Å². The van der Waals surface area contributed by atoms with E-state index in [1.165, 1.54) is 14.8 Å². The number of nitrogens with one attached hydrogen (secondary N) is 3. The molecular formula is C17H25BN4O6. The van der Waals surface area contributed by atoms with Gasteiger partial charge in [-0.1, -0.05) is 13.8 Å². The fourth-order valence-electron chi connectivity index (χ4n) is 2.38. The Hall–Kier alpha value is -2.98. The predicted octanol–water partition coefficient (Wildman–Crippen LogP) is -2.78. The van der Waals surface area contributed by atoms with Crippen LogP contribution in [0, 0.1) is 5.92 Å². The Labute approximate surface area is 163 Å². The first-order valence-electron chi connectivity index (χ1n) is 8.93. The molecule has 1 heterocycles. The molecule has 11 heteroatoms. The molecule has 152 valence electrons. The molecule has 1 rings (SSSR count). The maximum Gasteiger partial charge on any atom is 0.253 e. The Kier molecular flexibility index (Phi) is 8.55. The lowest BCUT2D eigenvalue weighted by Crippen LogP contribution is -2.55. The van der Waals surface area contributed by atoms with E-state index in [2.05, 4.69) is 16.0 Å². The molecule has 0 fully saturated rings. The topological polar surface area (TPSA) is 142 Å². The third kappa shape index (κ3) is 6.97. The van der Waals surface area contributed by atoms with Crippen LogP contribution in [-0.2, 0) is 28.8 Å². The van der Waals surface area contributed by atoms with Crippen LogP contribution in [-0.4, -0.2) is 73.1 Å². The number of amides is 5. The number of hydrogen-bond donors (Lipinski definition) is 3. The lowest BCUT2D eigenvalue weighted by Gasteiger charge is -2.24. The van der Waals surface area contributed by atoms with Crippen LogP contribution in [0.15, 0.2) is 12.2 Å². The molecule has 0 bridgehead atoms. The summed E-state index contributed by atoms with van der Waals surface area (Å²) in [4.78, 5) is 71.3. The number of carbonyl (C=O) groups excluding carboxylic acids is 6. The normalized spacial score (nSPS) is 15.4. The molecule has 0 aromatic heterocycles. The first kappa shape index (κ1) is 23.1.